The Kier molecular flexibility index (Phi) is 6.50. The molecule has 1 aliphatic heterocycles. The number of benzene rings is 2. The molecule has 0 spiro atoms. The Morgan fingerprint density at radius 2 is 1.70 bits per heavy atom. The normalized spacial score (nSPS) is 14.4. The van der Waals surface area contributed by atoms with Gasteiger partial charge in [-0.25, -0.2) is 0 Å². The molecule has 0 saturated carbocycles. The summed E-state index contributed by atoms with van der Waals surface area (Å²) in [5, 5.41) is 3.65. The molecule has 0 unspecified atom stereocenters. The second kappa shape index (κ2) is 9.04. The number of morpholine rings is 1. The maximum Gasteiger partial charge on any atom is 0.254 e. The van der Waals surface area contributed by atoms with E-state index in [1.54, 1.807) is 53.4 Å². The van der Waals surface area contributed by atoms with Crippen molar-refractivity contribution in [2.24, 2.45) is 0 Å². The molecule has 1 saturated heterocycles. The first-order valence-electron chi connectivity index (χ1n) is 8.44. The molecular formula is C20H18Cl2N2O3. The van der Waals surface area contributed by atoms with Crippen LogP contribution in [0.5, 0.6) is 0 Å². The summed E-state index contributed by atoms with van der Waals surface area (Å²) in [5.41, 5.74) is 1.96. The van der Waals surface area contributed by atoms with Crippen molar-refractivity contribution in [3.05, 3.63) is 69.7 Å². The molecule has 3 rings (SSSR count). The summed E-state index contributed by atoms with van der Waals surface area (Å²) in [6.45, 7) is 2.31. The summed E-state index contributed by atoms with van der Waals surface area (Å²) < 4.78 is 5.25. The van der Waals surface area contributed by atoms with Crippen LogP contribution in [0.2, 0.25) is 10.0 Å². The van der Waals surface area contributed by atoms with Crippen LogP contribution in [0, 0.1) is 0 Å². The number of hydrogen-bond acceptors (Lipinski definition) is 3. The number of halogens is 2. The van der Waals surface area contributed by atoms with Gasteiger partial charge in [0.25, 0.3) is 5.91 Å². The van der Waals surface area contributed by atoms with E-state index in [0.29, 0.717) is 47.6 Å². The van der Waals surface area contributed by atoms with Gasteiger partial charge in [-0.05, 0) is 48.0 Å². The van der Waals surface area contributed by atoms with E-state index in [4.69, 9.17) is 27.9 Å². The lowest BCUT2D eigenvalue weighted by atomic mass is 10.1. The number of nitrogens with one attached hydrogen (secondary N) is 1. The highest BCUT2D eigenvalue weighted by molar-refractivity contribution is 6.42. The first-order valence-corrected chi connectivity index (χ1v) is 9.20. The first-order chi connectivity index (χ1) is 13.0. The van der Waals surface area contributed by atoms with Gasteiger partial charge in [0, 0.05) is 30.4 Å². The van der Waals surface area contributed by atoms with Crippen LogP contribution in [0.25, 0.3) is 6.08 Å². The summed E-state index contributed by atoms with van der Waals surface area (Å²) in [7, 11) is 0. The van der Waals surface area contributed by atoms with E-state index in [2.05, 4.69) is 5.32 Å². The maximum atomic E-state index is 12.4. The van der Waals surface area contributed by atoms with Crippen LogP contribution in [0.3, 0.4) is 0 Å². The number of hydrogen-bond donors (Lipinski definition) is 1. The van der Waals surface area contributed by atoms with E-state index in [0.717, 1.165) is 5.56 Å². The molecule has 1 N–H and O–H groups in total. The predicted molar refractivity (Wildman–Crippen MR) is 107 cm³/mol. The number of rotatable bonds is 4. The molecule has 0 radical (unpaired) electrons. The molecule has 5 nitrogen and oxygen atoms in total. The van der Waals surface area contributed by atoms with Crippen molar-refractivity contribution in [2.45, 2.75) is 0 Å². The molecular weight excluding hydrogens is 387 g/mol. The molecule has 1 heterocycles. The van der Waals surface area contributed by atoms with E-state index >= 15 is 0 Å². The summed E-state index contributed by atoms with van der Waals surface area (Å²) >= 11 is 11.8. The fraction of sp³-hybridized carbons (Fsp3) is 0.200. The van der Waals surface area contributed by atoms with E-state index in [-0.39, 0.29) is 11.8 Å². The highest BCUT2D eigenvalue weighted by Gasteiger charge is 2.18. The molecule has 27 heavy (non-hydrogen) atoms. The molecule has 1 fully saturated rings. The van der Waals surface area contributed by atoms with Gasteiger partial charge in [0.1, 0.15) is 0 Å². The molecule has 2 amide bonds. The van der Waals surface area contributed by atoms with E-state index in [1.165, 1.54) is 6.08 Å². The van der Waals surface area contributed by atoms with E-state index in [9.17, 15) is 9.59 Å². The van der Waals surface area contributed by atoms with Gasteiger partial charge < -0.3 is 15.0 Å². The first kappa shape index (κ1) is 19.4. The lowest BCUT2D eigenvalue weighted by Crippen LogP contribution is -2.40. The third-order valence-corrected chi connectivity index (χ3v) is 4.81. The largest absolute Gasteiger partial charge is 0.378 e. The Morgan fingerprint density at radius 1 is 1.00 bits per heavy atom. The molecule has 1 aliphatic rings. The number of anilines is 1. The maximum absolute atomic E-state index is 12.4. The number of carbonyl (C=O) groups is 2. The van der Waals surface area contributed by atoms with Crippen molar-refractivity contribution in [1.29, 1.82) is 0 Å². The average Bonchev–Trinajstić information content (AvgIpc) is 2.69. The Bertz CT molecular complexity index is 860. The Balaban J connectivity index is 1.58. The van der Waals surface area contributed by atoms with Crippen LogP contribution in [-0.2, 0) is 9.53 Å². The van der Waals surface area contributed by atoms with Crippen LogP contribution in [-0.4, -0.2) is 43.0 Å². The minimum atomic E-state index is -0.284. The molecule has 0 aromatic heterocycles. The highest BCUT2D eigenvalue weighted by atomic mass is 35.5. The summed E-state index contributed by atoms with van der Waals surface area (Å²) in [4.78, 5) is 26.2. The van der Waals surface area contributed by atoms with Crippen LogP contribution < -0.4 is 5.32 Å². The Labute approximate surface area is 167 Å². The van der Waals surface area contributed by atoms with Gasteiger partial charge in [-0.1, -0.05) is 29.3 Å². The fourth-order valence-electron chi connectivity index (χ4n) is 2.62. The average molecular weight is 405 g/mol. The number of nitrogens with zero attached hydrogens (tertiary/aromatic N) is 1. The van der Waals surface area contributed by atoms with Gasteiger partial charge in [0.15, 0.2) is 0 Å². The Hall–Kier alpha value is -2.34. The molecule has 0 atom stereocenters. The van der Waals surface area contributed by atoms with Crippen molar-refractivity contribution < 1.29 is 14.3 Å². The zero-order chi connectivity index (χ0) is 19.2. The van der Waals surface area contributed by atoms with Crippen molar-refractivity contribution in [3.63, 3.8) is 0 Å². The fourth-order valence-corrected chi connectivity index (χ4v) is 2.92. The number of carbonyl (C=O) groups excluding carboxylic acids is 2. The second-order valence-corrected chi connectivity index (χ2v) is 6.79. The van der Waals surface area contributed by atoms with Crippen molar-refractivity contribution in [3.8, 4) is 0 Å². The second-order valence-electron chi connectivity index (χ2n) is 5.98. The predicted octanol–water partition coefficient (Wildman–Crippen LogP) is 4.12. The lowest BCUT2D eigenvalue weighted by Gasteiger charge is -2.26. The smallest absolute Gasteiger partial charge is 0.254 e. The lowest BCUT2D eigenvalue weighted by molar-refractivity contribution is -0.111. The van der Waals surface area contributed by atoms with Crippen molar-refractivity contribution in [2.75, 3.05) is 31.6 Å². The monoisotopic (exact) mass is 404 g/mol. The minimum Gasteiger partial charge on any atom is -0.378 e. The topological polar surface area (TPSA) is 58.6 Å². The molecule has 2 aromatic rings. The summed E-state index contributed by atoms with van der Waals surface area (Å²) in [6.07, 6.45) is 3.06. The molecule has 140 valence electrons. The quantitative estimate of drug-likeness (QED) is 0.779. The molecule has 0 aliphatic carbocycles. The SMILES string of the molecule is O=C(/C=C/c1ccc(Cl)c(Cl)c1)Nc1ccc(C(=O)N2CCOCC2)cc1. The number of ether oxygens (including phenoxy) is 1. The van der Waals surface area contributed by atoms with Gasteiger partial charge in [-0.15, -0.1) is 0 Å². The third kappa shape index (κ3) is 5.32. The molecule has 2 aromatic carbocycles. The zero-order valence-electron chi connectivity index (χ0n) is 14.5. The number of amides is 2. The summed E-state index contributed by atoms with van der Waals surface area (Å²) in [5.74, 6) is -0.316. The van der Waals surface area contributed by atoms with Gasteiger partial charge in [0.05, 0.1) is 23.3 Å². The molecule has 7 heteroatoms. The standard InChI is InChI=1S/C20H18Cl2N2O3/c21-17-7-1-14(13-18(17)22)2-8-19(25)23-16-5-3-15(4-6-16)20(26)24-9-11-27-12-10-24/h1-8,13H,9-12H2,(H,23,25)/b8-2+. The van der Waals surface area contributed by atoms with Gasteiger partial charge in [-0.3, -0.25) is 9.59 Å². The van der Waals surface area contributed by atoms with Crippen LogP contribution in [0.1, 0.15) is 15.9 Å². The van der Waals surface area contributed by atoms with E-state index in [1.807, 2.05) is 0 Å². The van der Waals surface area contributed by atoms with Crippen LogP contribution in [0.4, 0.5) is 5.69 Å². The zero-order valence-corrected chi connectivity index (χ0v) is 16.0. The highest BCUT2D eigenvalue weighted by Crippen LogP contribution is 2.23. The van der Waals surface area contributed by atoms with Gasteiger partial charge in [-0.2, -0.15) is 0 Å². The third-order valence-electron chi connectivity index (χ3n) is 4.07. The Morgan fingerprint density at radius 3 is 2.37 bits per heavy atom. The van der Waals surface area contributed by atoms with E-state index < -0.39 is 0 Å². The minimum absolute atomic E-state index is 0.0318. The van der Waals surface area contributed by atoms with Gasteiger partial charge >= 0.3 is 0 Å². The van der Waals surface area contributed by atoms with Crippen LogP contribution >= 0.6 is 23.2 Å². The molecule has 0 bridgehead atoms. The van der Waals surface area contributed by atoms with Crippen LogP contribution in [0.15, 0.2) is 48.5 Å². The van der Waals surface area contributed by atoms with Crippen molar-refractivity contribution >= 4 is 46.8 Å². The summed E-state index contributed by atoms with van der Waals surface area (Å²) in [6, 6.07) is 11.9. The van der Waals surface area contributed by atoms with Crippen molar-refractivity contribution in [1.82, 2.24) is 4.90 Å². The van der Waals surface area contributed by atoms with Gasteiger partial charge in [0.2, 0.25) is 5.91 Å².